The maximum atomic E-state index is 12.4. The first-order valence-corrected chi connectivity index (χ1v) is 25.3. The van der Waals surface area contributed by atoms with Crippen LogP contribution < -0.4 is 5.32 Å². The van der Waals surface area contributed by atoms with Gasteiger partial charge in [-0.25, -0.2) is 0 Å². The molecule has 340 valence electrons. The number of hydrogen-bond donors (Lipinski definition) is 3. The summed E-state index contributed by atoms with van der Waals surface area (Å²) >= 11 is 0. The molecular formula is C52H97NO5. The maximum Gasteiger partial charge on any atom is 0.305 e. The third-order valence-electron chi connectivity index (χ3n) is 11.4. The van der Waals surface area contributed by atoms with Crippen LogP contribution in [0.5, 0.6) is 0 Å². The molecule has 0 aromatic carbocycles. The third-order valence-corrected chi connectivity index (χ3v) is 11.4. The van der Waals surface area contributed by atoms with E-state index in [9.17, 15) is 19.8 Å². The van der Waals surface area contributed by atoms with E-state index in [1.165, 1.54) is 161 Å². The highest BCUT2D eigenvalue weighted by Crippen LogP contribution is 2.15. The Kier molecular flexibility index (Phi) is 46.2. The van der Waals surface area contributed by atoms with Crippen molar-refractivity contribution < 1.29 is 24.5 Å². The van der Waals surface area contributed by atoms with E-state index in [4.69, 9.17) is 4.74 Å². The summed E-state index contributed by atoms with van der Waals surface area (Å²) in [6, 6.07) is -0.637. The zero-order chi connectivity index (χ0) is 42.3. The molecule has 0 fully saturated rings. The van der Waals surface area contributed by atoms with Crippen molar-refractivity contribution in [2.75, 3.05) is 13.2 Å². The average molecular weight is 816 g/mol. The molecule has 0 saturated carbocycles. The summed E-state index contributed by atoms with van der Waals surface area (Å²) in [5.41, 5.74) is 0. The molecule has 3 N–H and O–H groups in total. The van der Waals surface area contributed by atoms with Crippen molar-refractivity contribution in [1.82, 2.24) is 5.32 Å². The van der Waals surface area contributed by atoms with Crippen LogP contribution >= 0.6 is 0 Å². The predicted molar refractivity (Wildman–Crippen MR) is 250 cm³/mol. The minimum absolute atomic E-state index is 0.0216. The van der Waals surface area contributed by atoms with Crippen LogP contribution in [-0.4, -0.2) is 47.4 Å². The van der Waals surface area contributed by atoms with Gasteiger partial charge in [-0.3, -0.25) is 9.59 Å². The topological polar surface area (TPSA) is 95.9 Å². The molecule has 2 unspecified atom stereocenters. The van der Waals surface area contributed by atoms with Crippen LogP contribution in [0.15, 0.2) is 36.5 Å². The number of esters is 1. The van der Waals surface area contributed by atoms with Crippen LogP contribution in [0.1, 0.15) is 258 Å². The minimum Gasteiger partial charge on any atom is -0.466 e. The molecule has 0 heterocycles. The number of carbonyl (C=O) groups excluding carboxylic acids is 2. The summed E-state index contributed by atoms with van der Waals surface area (Å²) in [6.07, 6.45) is 57.0. The molecule has 0 aromatic heterocycles. The van der Waals surface area contributed by atoms with Crippen molar-refractivity contribution >= 4 is 11.9 Å². The summed E-state index contributed by atoms with van der Waals surface area (Å²) < 4.78 is 5.45. The number of aliphatic hydroxyl groups is 2. The highest BCUT2D eigenvalue weighted by Gasteiger charge is 2.18. The number of unbranched alkanes of at least 4 members (excludes halogenated alkanes) is 31. The molecule has 0 bridgehead atoms. The molecule has 58 heavy (non-hydrogen) atoms. The molecule has 0 radical (unpaired) electrons. The van der Waals surface area contributed by atoms with Crippen LogP contribution in [-0.2, 0) is 14.3 Å². The molecule has 0 rings (SSSR count). The quantitative estimate of drug-likeness (QED) is 0.0323. The van der Waals surface area contributed by atoms with Crippen molar-refractivity contribution in [2.45, 2.75) is 270 Å². The predicted octanol–water partition coefficient (Wildman–Crippen LogP) is 14.9. The van der Waals surface area contributed by atoms with Gasteiger partial charge in [0.15, 0.2) is 0 Å². The van der Waals surface area contributed by atoms with Crippen LogP contribution in [0.25, 0.3) is 0 Å². The van der Waals surface area contributed by atoms with Crippen LogP contribution in [0.2, 0.25) is 0 Å². The number of aliphatic hydroxyl groups excluding tert-OH is 2. The SMILES string of the molecule is CCCCC/C=C\C/C=C\CCCCCCCC(=O)OCCCCCCCCCCCCCCCC(=O)NC(CO)C(O)/C=C/CCCCCCCCCCCCC. The van der Waals surface area contributed by atoms with Crippen molar-refractivity contribution in [3.8, 4) is 0 Å². The minimum atomic E-state index is -0.853. The Morgan fingerprint density at radius 2 is 0.862 bits per heavy atom. The fourth-order valence-electron chi connectivity index (χ4n) is 7.49. The van der Waals surface area contributed by atoms with E-state index in [-0.39, 0.29) is 18.5 Å². The van der Waals surface area contributed by atoms with Gasteiger partial charge in [0.25, 0.3) is 0 Å². The maximum absolute atomic E-state index is 12.4. The van der Waals surface area contributed by atoms with E-state index in [0.717, 1.165) is 70.6 Å². The van der Waals surface area contributed by atoms with Gasteiger partial charge in [-0.05, 0) is 64.2 Å². The average Bonchev–Trinajstić information content (AvgIpc) is 3.22. The van der Waals surface area contributed by atoms with Crippen molar-refractivity contribution in [2.24, 2.45) is 0 Å². The van der Waals surface area contributed by atoms with E-state index in [1.807, 2.05) is 6.08 Å². The van der Waals surface area contributed by atoms with Gasteiger partial charge < -0.3 is 20.3 Å². The fraction of sp³-hybridized carbons (Fsp3) is 0.846. The van der Waals surface area contributed by atoms with E-state index in [0.29, 0.717) is 19.4 Å². The number of amides is 1. The molecule has 0 aliphatic carbocycles. The Balaban J connectivity index is 3.49. The van der Waals surface area contributed by atoms with Gasteiger partial charge in [-0.2, -0.15) is 0 Å². The summed E-state index contributed by atoms with van der Waals surface area (Å²) in [4.78, 5) is 24.4. The number of hydrogen-bond acceptors (Lipinski definition) is 5. The van der Waals surface area contributed by atoms with E-state index < -0.39 is 12.1 Å². The van der Waals surface area contributed by atoms with Crippen molar-refractivity contribution in [1.29, 1.82) is 0 Å². The number of nitrogens with one attached hydrogen (secondary N) is 1. The number of carbonyl (C=O) groups is 2. The summed E-state index contributed by atoms with van der Waals surface area (Å²) in [7, 11) is 0. The number of ether oxygens (including phenoxy) is 1. The number of rotatable bonds is 46. The molecule has 0 aromatic rings. The standard InChI is InChI=1S/C52H97NO5/c1-3-5-7-9-11-13-15-17-18-22-26-30-34-38-42-46-52(57)58-47-43-39-35-31-27-23-19-21-25-29-33-37-41-45-51(56)53-49(48-54)50(55)44-40-36-32-28-24-20-16-14-12-10-8-6-4-2/h11,13,17-18,40,44,49-50,54-55H,3-10,12,14-16,19-39,41-43,45-48H2,1-2H3,(H,53,56)/b13-11-,18-17-,44-40+. The zero-order valence-electron chi connectivity index (χ0n) is 38.5. The largest absolute Gasteiger partial charge is 0.466 e. The van der Waals surface area contributed by atoms with E-state index in [1.54, 1.807) is 6.08 Å². The summed E-state index contributed by atoms with van der Waals surface area (Å²) in [6.45, 7) is 4.83. The van der Waals surface area contributed by atoms with E-state index in [2.05, 4.69) is 43.5 Å². The Morgan fingerprint density at radius 3 is 1.34 bits per heavy atom. The molecule has 0 spiro atoms. The Bertz CT molecular complexity index is 946. The lowest BCUT2D eigenvalue weighted by Gasteiger charge is -2.20. The zero-order valence-corrected chi connectivity index (χ0v) is 38.5. The summed E-state index contributed by atoms with van der Waals surface area (Å²) in [5, 5.41) is 23.0. The molecule has 0 aliphatic heterocycles. The smallest absolute Gasteiger partial charge is 0.305 e. The molecule has 1 amide bonds. The van der Waals surface area contributed by atoms with Gasteiger partial charge in [0, 0.05) is 12.8 Å². The second-order valence-corrected chi connectivity index (χ2v) is 17.1. The van der Waals surface area contributed by atoms with Crippen LogP contribution in [0.3, 0.4) is 0 Å². The molecule has 2 atom stereocenters. The fourth-order valence-corrected chi connectivity index (χ4v) is 7.49. The van der Waals surface area contributed by atoms with Crippen molar-refractivity contribution in [3.05, 3.63) is 36.5 Å². The van der Waals surface area contributed by atoms with Gasteiger partial charge in [0.05, 0.1) is 25.4 Å². The van der Waals surface area contributed by atoms with Gasteiger partial charge in [0.2, 0.25) is 5.91 Å². The van der Waals surface area contributed by atoms with Gasteiger partial charge in [-0.15, -0.1) is 0 Å². The number of allylic oxidation sites excluding steroid dienone is 5. The Morgan fingerprint density at radius 1 is 0.483 bits per heavy atom. The molecular weight excluding hydrogens is 719 g/mol. The van der Waals surface area contributed by atoms with Gasteiger partial charge >= 0.3 is 5.97 Å². The lowest BCUT2D eigenvalue weighted by atomic mass is 10.0. The molecule has 0 saturated heterocycles. The third kappa shape index (κ3) is 43.7. The van der Waals surface area contributed by atoms with Gasteiger partial charge in [-0.1, -0.05) is 217 Å². The van der Waals surface area contributed by atoms with Crippen LogP contribution in [0.4, 0.5) is 0 Å². The highest BCUT2D eigenvalue weighted by molar-refractivity contribution is 5.76. The second kappa shape index (κ2) is 47.8. The Hall–Kier alpha value is -1.92. The first-order chi connectivity index (χ1) is 28.5. The monoisotopic (exact) mass is 816 g/mol. The first-order valence-electron chi connectivity index (χ1n) is 25.3. The van der Waals surface area contributed by atoms with E-state index >= 15 is 0 Å². The lowest BCUT2D eigenvalue weighted by molar-refractivity contribution is -0.143. The second-order valence-electron chi connectivity index (χ2n) is 17.1. The summed E-state index contributed by atoms with van der Waals surface area (Å²) in [5.74, 6) is -0.104. The van der Waals surface area contributed by atoms with Crippen molar-refractivity contribution in [3.63, 3.8) is 0 Å². The first kappa shape index (κ1) is 56.1. The lowest BCUT2D eigenvalue weighted by Crippen LogP contribution is -2.45. The highest BCUT2D eigenvalue weighted by atomic mass is 16.5. The molecule has 6 heteroatoms. The Labute approximate surface area is 360 Å². The van der Waals surface area contributed by atoms with Crippen LogP contribution in [0, 0.1) is 0 Å². The van der Waals surface area contributed by atoms with Gasteiger partial charge in [0.1, 0.15) is 0 Å². The normalized spacial score (nSPS) is 13.0. The molecule has 0 aliphatic rings. The molecule has 6 nitrogen and oxygen atoms in total.